The number of rotatable bonds is 6. The molecule has 88 valence electrons. The molecule has 0 aromatic carbocycles. The number of nitrogens with one attached hydrogen (secondary N) is 2. The zero-order valence-electron chi connectivity index (χ0n) is 9.49. The maximum absolute atomic E-state index is 11.3. The lowest BCUT2D eigenvalue weighted by molar-refractivity contribution is -0.112. The minimum atomic E-state index is -3.51. The summed E-state index contributed by atoms with van der Waals surface area (Å²) >= 11 is 0. The fourth-order valence-corrected chi connectivity index (χ4v) is 2.20. The highest BCUT2D eigenvalue weighted by Crippen LogP contribution is 1.93. The first-order valence-electron chi connectivity index (χ1n) is 4.65. The van der Waals surface area contributed by atoms with Gasteiger partial charge in [0.25, 0.3) is 0 Å². The Morgan fingerprint density at radius 1 is 1.40 bits per heavy atom. The third kappa shape index (κ3) is 7.10. The van der Waals surface area contributed by atoms with Gasteiger partial charge in [0.1, 0.15) is 5.75 Å². The maximum atomic E-state index is 11.3. The molecule has 0 heterocycles. The monoisotopic (exact) mass is 234 g/mol. The molecule has 0 fully saturated rings. The van der Waals surface area contributed by atoms with Crippen LogP contribution in [0.2, 0.25) is 0 Å². The zero-order chi connectivity index (χ0) is 12.1. The summed E-state index contributed by atoms with van der Waals surface area (Å²) in [5.74, 6) is -0.945. The molecule has 0 aromatic rings. The van der Waals surface area contributed by atoms with Crippen molar-refractivity contribution in [2.75, 3.05) is 12.8 Å². The molecule has 0 aliphatic heterocycles. The average Bonchev–Trinajstić information content (AvgIpc) is 1.99. The van der Waals surface area contributed by atoms with Crippen LogP contribution >= 0.6 is 0 Å². The number of hydrogen-bond acceptors (Lipinski definition) is 4. The molecule has 15 heavy (non-hydrogen) atoms. The van der Waals surface area contributed by atoms with Crippen molar-refractivity contribution in [3.8, 4) is 0 Å². The van der Waals surface area contributed by atoms with E-state index in [0.29, 0.717) is 5.70 Å². The molecule has 5 nitrogen and oxygen atoms in total. The summed E-state index contributed by atoms with van der Waals surface area (Å²) < 4.78 is 25.0. The number of carbonyl (C=O) groups excluding carboxylic acids is 1. The number of hydrogen-bond donors (Lipinski definition) is 2. The Kier molecular flexibility index (Phi) is 5.53. The molecule has 0 rings (SSSR count). The summed E-state index contributed by atoms with van der Waals surface area (Å²) in [6.45, 7) is 5.10. The molecular weight excluding hydrogens is 216 g/mol. The van der Waals surface area contributed by atoms with E-state index >= 15 is 0 Å². The van der Waals surface area contributed by atoms with Gasteiger partial charge in [-0.15, -0.1) is 0 Å². The van der Waals surface area contributed by atoms with Crippen molar-refractivity contribution in [1.82, 2.24) is 10.0 Å². The Bertz CT molecular complexity index is 344. The van der Waals surface area contributed by atoms with E-state index in [1.165, 1.54) is 6.08 Å². The van der Waals surface area contributed by atoms with E-state index in [0.717, 1.165) is 0 Å². The largest absolute Gasteiger partial charge is 0.392 e. The second-order valence-corrected chi connectivity index (χ2v) is 5.33. The van der Waals surface area contributed by atoms with Gasteiger partial charge in [0.2, 0.25) is 10.0 Å². The van der Waals surface area contributed by atoms with Crippen LogP contribution < -0.4 is 10.0 Å². The molecule has 0 saturated carbocycles. The minimum absolute atomic E-state index is 0.197. The van der Waals surface area contributed by atoms with Crippen LogP contribution in [0.1, 0.15) is 20.8 Å². The predicted octanol–water partition coefficient (Wildman–Crippen LogP) is 0.00650. The fourth-order valence-electron chi connectivity index (χ4n) is 0.943. The van der Waals surface area contributed by atoms with Gasteiger partial charge >= 0.3 is 0 Å². The highest BCUT2D eigenvalue weighted by atomic mass is 32.2. The van der Waals surface area contributed by atoms with Crippen LogP contribution in [0.15, 0.2) is 11.8 Å². The van der Waals surface area contributed by atoms with E-state index in [2.05, 4.69) is 10.0 Å². The second kappa shape index (κ2) is 5.87. The van der Waals surface area contributed by atoms with Crippen molar-refractivity contribution in [2.45, 2.75) is 26.8 Å². The van der Waals surface area contributed by atoms with Crippen LogP contribution in [0, 0.1) is 0 Å². The van der Waals surface area contributed by atoms with Crippen molar-refractivity contribution in [2.24, 2.45) is 0 Å². The summed E-state index contributed by atoms with van der Waals surface area (Å²) in [4.78, 5) is 11.3. The first-order chi connectivity index (χ1) is 6.76. The maximum Gasteiger partial charge on any atom is 0.219 e. The lowest BCUT2D eigenvalue weighted by Crippen LogP contribution is -2.34. The van der Waals surface area contributed by atoms with Crippen molar-refractivity contribution in [3.05, 3.63) is 11.8 Å². The molecule has 0 saturated heterocycles. The Morgan fingerprint density at radius 2 is 1.93 bits per heavy atom. The van der Waals surface area contributed by atoms with Gasteiger partial charge in [-0.3, -0.25) is 4.79 Å². The van der Waals surface area contributed by atoms with Crippen molar-refractivity contribution < 1.29 is 13.2 Å². The van der Waals surface area contributed by atoms with Crippen LogP contribution in [0.4, 0.5) is 0 Å². The summed E-state index contributed by atoms with van der Waals surface area (Å²) in [7, 11) is -1.84. The first kappa shape index (κ1) is 14.1. The summed E-state index contributed by atoms with van der Waals surface area (Å²) in [6, 6.07) is -0.197. The summed E-state index contributed by atoms with van der Waals surface area (Å²) in [5, 5.41) is 2.75. The van der Waals surface area contributed by atoms with Crippen LogP contribution in [0.25, 0.3) is 0 Å². The van der Waals surface area contributed by atoms with Crippen molar-refractivity contribution in [3.63, 3.8) is 0 Å². The van der Waals surface area contributed by atoms with Crippen molar-refractivity contribution in [1.29, 1.82) is 0 Å². The quantitative estimate of drug-likeness (QED) is 0.635. The van der Waals surface area contributed by atoms with E-state index in [4.69, 9.17) is 0 Å². The van der Waals surface area contributed by atoms with Gasteiger partial charge in [-0.05, 0) is 20.8 Å². The Hall–Kier alpha value is -0.880. The zero-order valence-corrected chi connectivity index (χ0v) is 10.3. The van der Waals surface area contributed by atoms with Gasteiger partial charge in [-0.1, -0.05) is 0 Å². The molecule has 0 unspecified atom stereocenters. The molecule has 2 N–H and O–H groups in total. The Labute approximate surface area is 91.0 Å². The summed E-state index contributed by atoms with van der Waals surface area (Å²) in [5.41, 5.74) is 0.639. The topological polar surface area (TPSA) is 75.3 Å². The van der Waals surface area contributed by atoms with E-state index in [9.17, 15) is 13.2 Å². The molecule has 0 aliphatic rings. The number of sulfonamides is 1. The predicted molar refractivity (Wildman–Crippen MR) is 59.9 cm³/mol. The third-order valence-corrected chi connectivity index (χ3v) is 3.01. The molecule has 6 heteroatoms. The molecule has 0 radical (unpaired) electrons. The lowest BCUT2D eigenvalue weighted by Gasteiger charge is -2.07. The van der Waals surface area contributed by atoms with Crippen LogP contribution in [-0.2, 0) is 14.8 Å². The van der Waals surface area contributed by atoms with E-state index in [-0.39, 0.29) is 6.04 Å². The standard InChI is InChI=1S/C9H18N2O3S/c1-7(2)11-15(13,14)6-9(12)5-8(3)10-4/h5,7,10-11H,6H2,1-4H3/b8-5-. The normalized spacial score (nSPS) is 13.0. The highest BCUT2D eigenvalue weighted by molar-refractivity contribution is 7.90. The number of allylic oxidation sites excluding steroid dienone is 2. The van der Waals surface area contributed by atoms with Gasteiger partial charge in [0, 0.05) is 24.9 Å². The van der Waals surface area contributed by atoms with Crippen LogP contribution in [-0.4, -0.2) is 33.0 Å². The molecular formula is C9H18N2O3S. The van der Waals surface area contributed by atoms with Crippen molar-refractivity contribution >= 4 is 15.8 Å². The van der Waals surface area contributed by atoms with E-state index in [1.54, 1.807) is 27.8 Å². The number of carbonyl (C=O) groups is 1. The van der Waals surface area contributed by atoms with Gasteiger partial charge < -0.3 is 5.32 Å². The number of ketones is 1. The van der Waals surface area contributed by atoms with Gasteiger partial charge in [-0.25, -0.2) is 13.1 Å². The molecule has 0 atom stereocenters. The van der Waals surface area contributed by atoms with Gasteiger partial charge in [0.05, 0.1) is 0 Å². The lowest BCUT2D eigenvalue weighted by atomic mass is 10.3. The minimum Gasteiger partial charge on any atom is -0.392 e. The second-order valence-electron chi connectivity index (χ2n) is 3.58. The molecule has 0 aliphatic carbocycles. The van der Waals surface area contributed by atoms with Gasteiger partial charge in [-0.2, -0.15) is 0 Å². The van der Waals surface area contributed by atoms with Crippen LogP contribution in [0.3, 0.4) is 0 Å². The molecule has 0 spiro atoms. The van der Waals surface area contributed by atoms with E-state index < -0.39 is 21.6 Å². The SMILES string of the molecule is CN/C(C)=C\C(=O)CS(=O)(=O)NC(C)C. The third-order valence-electron chi connectivity index (χ3n) is 1.52. The molecule has 0 amide bonds. The molecule has 0 bridgehead atoms. The fraction of sp³-hybridized carbons (Fsp3) is 0.667. The van der Waals surface area contributed by atoms with Crippen LogP contribution in [0.5, 0.6) is 0 Å². The Balaban J connectivity index is 4.42. The van der Waals surface area contributed by atoms with E-state index in [1.807, 2.05) is 0 Å². The smallest absolute Gasteiger partial charge is 0.219 e. The first-order valence-corrected chi connectivity index (χ1v) is 6.31. The summed E-state index contributed by atoms with van der Waals surface area (Å²) in [6.07, 6.45) is 1.28. The van der Waals surface area contributed by atoms with Gasteiger partial charge in [0.15, 0.2) is 5.78 Å². The highest BCUT2D eigenvalue weighted by Gasteiger charge is 2.15. The average molecular weight is 234 g/mol. The Morgan fingerprint density at radius 3 is 2.33 bits per heavy atom. The molecule has 0 aromatic heterocycles.